The van der Waals surface area contributed by atoms with Gasteiger partial charge >= 0.3 is 18.3 Å². The van der Waals surface area contributed by atoms with Crippen molar-refractivity contribution >= 4 is 34.4 Å². The summed E-state index contributed by atoms with van der Waals surface area (Å²) in [6, 6.07) is 26.0. The number of hydrogen-bond donors (Lipinski definition) is 2. The Hall–Kier alpha value is -5.63. The van der Waals surface area contributed by atoms with Crippen molar-refractivity contribution in [3.8, 4) is 0 Å². The van der Waals surface area contributed by atoms with Gasteiger partial charge in [-0.2, -0.15) is 26.3 Å². The van der Waals surface area contributed by atoms with E-state index in [0.29, 0.717) is 23.4 Å². The number of benzene rings is 4. The SMILES string of the molecule is O=C(CCC(=O)N(c1ccccc1)C1CCN(CCc2ccccc2)CC1)N[C@@H](Cc1c[nH]c2ccccc12)C(=O)OCc1cc(C(F)(F)F)cc(C(F)(F)F)c1. The highest BCUT2D eigenvalue weighted by Crippen LogP contribution is 2.36. The highest BCUT2D eigenvalue weighted by Gasteiger charge is 2.37. The molecule has 0 bridgehead atoms. The smallest absolute Gasteiger partial charge is 0.416 e. The van der Waals surface area contributed by atoms with Crippen LogP contribution in [0.25, 0.3) is 10.9 Å². The van der Waals surface area contributed by atoms with Gasteiger partial charge in [-0.3, -0.25) is 9.59 Å². The molecule has 1 aliphatic rings. The van der Waals surface area contributed by atoms with Gasteiger partial charge in [-0.1, -0.05) is 66.7 Å². The standard InChI is InChI=1S/C43H42F6N4O4/c44-42(45,46)32-23-30(24-33(26-32)43(47,48)49)28-57-41(56)38(25-31-27-50-37-14-8-7-13-36(31)37)51-39(54)15-16-40(55)53(34-11-5-2-6-12-34)35-18-21-52(22-19-35)20-17-29-9-3-1-4-10-29/h1-14,23-24,26-27,35,38,50H,15-22,25,28H2,(H,51,54)/t38-/m0/s1. The van der Waals surface area contributed by atoms with Crippen molar-refractivity contribution in [3.05, 3.63) is 137 Å². The number of esters is 1. The van der Waals surface area contributed by atoms with Crippen molar-refractivity contribution in [2.75, 3.05) is 24.5 Å². The van der Waals surface area contributed by atoms with Gasteiger partial charge in [-0.05, 0) is 72.4 Å². The molecular formula is C43H42F6N4O4. The molecule has 300 valence electrons. The Morgan fingerprint density at radius 2 is 1.40 bits per heavy atom. The molecule has 0 spiro atoms. The van der Waals surface area contributed by atoms with E-state index >= 15 is 0 Å². The molecule has 1 aliphatic heterocycles. The maximum absolute atomic E-state index is 13.9. The lowest BCUT2D eigenvalue weighted by Gasteiger charge is -2.38. The first-order valence-electron chi connectivity index (χ1n) is 18.7. The van der Waals surface area contributed by atoms with Crippen LogP contribution in [0.1, 0.15) is 53.5 Å². The van der Waals surface area contributed by atoms with Crippen LogP contribution in [0.4, 0.5) is 32.0 Å². The number of amides is 2. The van der Waals surface area contributed by atoms with E-state index in [2.05, 4.69) is 27.3 Å². The molecule has 5 aromatic rings. The first-order valence-corrected chi connectivity index (χ1v) is 18.7. The van der Waals surface area contributed by atoms with Crippen molar-refractivity contribution in [2.45, 2.75) is 69.6 Å². The summed E-state index contributed by atoms with van der Waals surface area (Å²) in [6.45, 7) is 1.57. The van der Waals surface area contributed by atoms with Crippen molar-refractivity contribution in [1.29, 1.82) is 0 Å². The van der Waals surface area contributed by atoms with Gasteiger partial charge in [0.15, 0.2) is 0 Å². The van der Waals surface area contributed by atoms with Crippen LogP contribution in [0.15, 0.2) is 109 Å². The molecular weight excluding hydrogens is 750 g/mol. The molecule has 57 heavy (non-hydrogen) atoms. The first kappa shape index (κ1) is 41.0. The van der Waals surface area contributed by atoms with Crippen molar-refractivity contribution in [2.24, 2.45) is 0 Å². The summed E-state index contributed by atoms with van der Waals surface area (Å²) in [5, 5.41) is 3.34. The summed E-state index contributed by atoms with van der Waals surface area (Å²) < 4.78 is 86.1. The summed E-state index contributed by atoms with van der Waals surface area (Å²) >= 11 is 0. The highest BCUT2D eigenvalue weighted by molar-refractivity contribution is 5.96. The monoisotopic (exact) mass is 792 g/mol. The van der Waals surface area contributed by atoms with E-state index in [4.69, 9.17) is 4.74 Å². The van der Waals surface area contributed by atoms with Crippen LogP contribution in [-0.2, 0) is 50.9 Å². The van der Waals surface area contributed by atoms with Crippen molar-refractivity contribution in [3.63, 3.8) is 0 Å². The molecule has 2 N–H and O–H groups in total. The van der Waals surface area contributed by atoms with E-state index in [0.717, 1.165) is 49.8 Å². The quantitative estimate of drug-likeness (QED) is 0.0870. The van der Waals surface area contributed by atoms with Gasteiger partial charge in [-0.15, -0.1) is 0 Å². The summed E-state index contributed by atoms with van der Waals surface area (Å²) in [6.07, 6.45) is -6.75. The Balaban J connectivity index is 1.12. The topological polar surface area (TPSA) is 94.7 Å². The minimum absolute atomic E-state index is 0.0122. The number of carbonyl (C=O) groups is 3. The molecule has 0 radical (unpaired) electrons. The molecule has 2 amide bonds. The average Bonchev–Trinajstić information content (AvgIpc) is 3.61. The van der Waals surface area contributed by atoms with Crippen LogP contribution in [-0.4, -0.2) is 59.4 Å². The molecule has 0 aliphatic carbocycles. The zero-order valence-electron chi connectivity index (χ0n) is 30.9. The van der Waals surface area contributed by atoms with E-state index in [1.807, 2.05) is 48.5 Å². The normalized spacial score (nSPS) is 14.6. The van der Waals surface area contributed by atoms with Crippen LogP contribution in [0, 0.1) is 0 Å². The predicted octanol–water partition coefficient (Wildman–Crippen LogP) is 8.50. The van der Waals surface area contributed by atoms with Crippen LogP contribution < -0.4 is 10.2 Å². The number of likely N-dealkylation sites (tertiary alicyclic amines) is 1. The Kier molecular flexibility index (Phi) is 13.0. The van der Waals surface area contributed by atoms with Crippen molar-refractivity contribution in [1.82, 2.24) is 15.2 Å². The fourth-order valence-corrected chi connectivity index (χ4v) is 7.16. The molecule has 1 saturated heterocycles. The number of rotatable bonds is 14. The van der Waals surface area contributed by atoms with Gasteiger partial charge in [0, 0.05) is 67.7 Å². The molecule has 4 aromatic carbocycles. The number of fused-ring (bicyclic) bond motifs is 1. The molecule has 1 atom stereocenters. The van der Waals surface area contributed by atoms with Gasteiger partial charge in [0.25, 0.3) is 0 Å². The van der Waals surface area contributed by atoms with E-state index in [1.54, 1.807) is 35.4 Å². The third kappa shape index (κ3) is 11.0. The second kappa shape index (κ2) is 18.1. The number of aromatic nitrogens is 1. The van der Waals surface area contributed by atoms with Crippen LogP contribution >= 0.6 is 0 Å². The lowest BCUT2D eigenvalue weighted by Crippen LogP contribution is -2.48. The van der Waals surface area contributed by atoms with E-state index in [1.165, 1.54) is 5.56 Å². The van der Waals surface area contributed by atoms with Crippen LogP contribution in [0.5, 0.6) is 0 Å². The lowest BCUT2D eigenvalue weighted by molar-refractivity contribution is -0.149. The highest BCUT2D eigenvalue weighted by atomic mass is 19.4. The van der Waals surface area contributed by atoms with Gasteiger partial charge in [0.05, 0.1) is 11.1 Å². The molecule has 2 heterocycles. The van der Waals surface area contributed by atoms with E-state index < -0.39 is 53.6 Å². The summed E-state index contributed by atoms with van der Waals surface area (Å²) in [7, 11) is 0. The number of nitrogens with one attached hydrogen (secondary N) is 2. The Morgan fingerprint density at radius 3 is 2.05 bits per heavy atom. The maximum Gasteiger partial charge on any atom is 0.416 e. The lowest BCUT2D eigenvalue weighted by atomic mass is 10.0. The summed E-state index contributed by atoms with van der Waals surface area (Å²) in [5.41, 5.74) is -0.321. The number of ether oxygens (including phenoxy) is 1. The van der Waals surface area contributed by atoms with Crippen molar-refractivity contribution < 1.29 is 45.5 Å². The second-order valence-corrected chi connectivity index (χ2v) is 14.1. The van der Waals surface area contributed by atoms with Crippen LogP contribution in [0.3, 0.4) is 0 Å². The molecule has 6 rings (SSSR count). The predicted molar refractivity (Wildman–Crippen MR) is 203 cm³/mol. The number of anilines is 1. The number of carbonyl (C=O) groups excluding carboxylic acids is 3. The van der Waals surface area contributed by atoms with Gasteiger partial charge in [0.1, 0.15) is 12.6 Å². The number of H-pyrrole nitrogens is 1. The molecule has 14 heteroatoms. The zero-order valence-corrected chi connectivity index (χ0v) is 30.9. The fraction of sp³-hybridized carbons (Fsp3) is 0.326. The third-order valence-electron chi connectivity index (χ3n) is 10.1. The number of alkyl halides is 6. The number of hydrogen-bond acceptors (Lipinski definition) is 5. The summed E-state index contributed by atoms with van der Waals surface area (Å²) in [5.74, 6) is -2.01. The minimum atomic E-state index is -5.08. The van der Waals surface area contributed by atoms with Gasteiger partial charge in [-0.25, -0.2) is 4.79 Å². The van der Waals surface area contributed by atoms with E-state index in [9.17, 15) is 40.7 Å². The van der Waals surface area contributed by atoms with Gasteiger partial charge in [0.2, 0.25) is 11.8 Å². The molecule has 8 nitrogen and oxygen atoms in total. The Labute approximate surface area is 325 Å². The third-order valence-corrected chi connectivity index (χ3v) is 10.1. The largest absolute Gasteiger partial charge is 0.459 e. The number of halogens is 6. The number of aromatic amines is 1. The first-order chi connectivity index (χ1) is 27.2. The van der Waals surface area contributed by atoms with Crippen LogP contribution in [0.2, 0.25) is 0 Å². The molecule has 0 saturated carbocycles. The average molecular weight is 793 g/mol. The Bertz CT molecular complexity index is 2100. The van der Waals surface area contributed by atoms with E-state index in [-0.39, 0.29) is 37.3 Å². The number of nitrogens with zero attached hydrogens (tertiary/aromatic N) is 2. The molecule has 0 unspecified atom stereocenters. The summed E-state index contributed by atoms with van der Waals surface area (Å²) in [4.78, 5) is 48.0. The number of piperidine rings is 1. The minimum Gasteiger partial charge on any atom is -0.459 e. The maximum atomic E-state index is 13.9. The Morgan fingerprint density at radius 1 is 0.789 bits per heavy atom. The molecule has 1 aromatic heterocycles. The fourth-order valence-electron chi connectivity index (χ4n) is 7.16. The second-order valence-electron chi connectivity index (χ2n) is 14.1. The molecule has 1 fully saturated rings. The zero-order chi connectivity index (χ0) is 40.6. The van der Waals surface area contributed by atoms with Gasteiger partial charge < -0.3 is 24.8 Å². The number of para-hydroxylation sites is 2.